The number of nitrogens with one attached hydrogen (secondary N) is 1. The van der Waals surface area contributed by atoms with Crippen molar-refractivity contribution < 1.29 is 24.4 Å². The van der Waals surface area contributed by atoms with Crippen molar-refractivity contribution in [3.63, 3.8) is 0 Å². The van der Waals surface area contributed by atoms with Gasteiger partial charge in [-0.1, -0.05) is 29.8 Å². The average Bonchev–Trinajstić information content (AvgIpc) is 2.96. The van der Waals surface area contributed by atoms with E-state index in [9.17, 15) is 14.4 Å². The second-order valence-corrected chi connectivity index (χ2v) is 7.76. The fourth-order valence-electron chi connectivity index (χ4n) is 2.82. The van der Waals surface area contributed by atoms with E-state index in [0.29, 0.717) is 20.5 Å². The van der Waals surface area contributed by atoms with Gasteiger partial charge in [0.25, 0.3) is 5.91 Å². The molecule has 2 aromatic rings. The molecule has 0 bridgehead atoms. The van der Waals surface area contributed by atoms with Gasteiger partial charge in [0, 0.05) is 10.6 Å². The van der Waals surface area contributed by atoms with Gasteiger partial charge in [0.2, 0.25) is 0 Å². The number of carbonyl (C=O) groups is 3. The van der Waals surface area contributed by atoms with E-state index < -0.39 is 5.97 Å². The molecule has 0 unspecified atom stereocenters. The summed E-state index contributed by atoms with van der Waals surface area (Å²) in [4.78, 5) is 37.0. The van der Waals surface area contributed by atoms with Gasteiger partial charge in [-0.2, -0.15) is 0 Å². The predicted molar refractivity (Wildman–Crippen MR) is 110 cm³/mol. The van der Waals surface area contributed by atoms with Crippen molar-refractivity contribution in [1.82, 2.24) is 0 Å². The molecule has 3 N–H and O–H groups in total. The molecule has 1 aromatic heterocycles. The van der Waals surface area contributed by atoms with Crippen molar-refractivity contribution in [2.45, 2.75) is 33.7 Å². The van der Waals surface area contributed by atoms with Crippen LogP contribution in [0.5, 0.6) is 0 Å². The number of halogens is 1. The number of carbonyl (C=O) groups excluding carboxylic acids is 3. The maximum Gasteiger partial charge on any atom is 0.341 e. The van der Waals surface area contributed by atoms with Gasteiger partial charge >= 0.3 is 5.97 Å². The lowest BCUT2D eigenvalue weighted by Gasteiger charge is -2.12. The molecule has 1 amide bonds. The fraction of sp³-hybridized carbons (Fsp3) is 0.350. The van der Waals surface area contributed by atoms with Crippen LogP contribution in [0.4, 0.5) is 5.00 Å². The molecule has 0 aliphatic carbocycles. The smallest absolute Gasteiger partial charge is 0.341 e. The van der Waals surface area contributed by atoms with Gasteiger partial charge in [-0.05, 0) is 39.3 Å². The van der Waals surface area contributed by atoms with Gasteiger partial charge in [0.15, 0.2) is 12.3 Å². The standard InChI is InChI=1S/C20H23ClN2O4S/c1-5-27-20(26)17-11(2)18(13(4)24)28-19(17)23-16(25)10-22-12(3)14-8-6-7-9-15(14)21/h6-9,12,22H,5,10H2,1-4H3,(H,23,25)/p+1/t12-/m0/s1. The van der Waals surface area contributed by atoms with Crippen molar-refractivity contribution >= 4 is 45.6 Å². The van der Waals surface area contributed by atoms with Crippen LogP contribution < -0.4 is 10.6 Å². The van der Waals surface area contributed by atoms with Crippen LogP contribution in [0, 0.1) is 6.92 Å². The lowest BCUT2D eigenvalue weighted by atomic mass is 10.1. The molecule has 1 atom stereocenters. The number of nitrogens with two attached hydrogens (primary N) is 1. The van der Waals surface area contributed by atoms with Gasteiger partial charge in [-0.3, -0.25) is 9.59 Å². The van der Waals surface area contributed by atoms with Crippen molar-refractivity contribution in [3.8, 4) is 0 Å². The molecule has 6 nitrogen and oxygen atoms in total. The first-order chi connectivity index (χ1) is 13.3. The van der Waals surface area contributed by atoms with E-state index in [1.54, 1.807) is 13.8 Å². The third kappa shape index (κ3) is 5.19. The van der Waals surface area contributed by atoms with E-state index in [2.05, 4.69) is 5.32 Å². The van der Waals surface area contributed by atoms with E-state index in [0.717, 1.165) is 16.9 Å². The normalized spacial score (nSPS) is 11.8. The average molecular weight is 424 g/mol. The van der Waals surface area contributed by atoms with Gasteiger partial charge in [-0.25, -0.2) is 4.79 Å². The second-order valence-electron chi connectivity index (χ2n) is 6.34. The number of hydrogen-bond acceptors (Lipinski definition) is 5. The van der Waals surface area contributed by atoms with E-state index in [4.69, 9.17) is 16.3 Å². The molecule has 1 heterocycles. The monoisotopic (exact) mass is 423 g/mol. The first-order valence-electron chi connectivity index (χ1n) is 8.95. The molecular formula is C20H24ClN2O4S+. The summed E-state index contributed by atoms with van der Waals surface area (Å²) in [5.41, 5.74) is 1.71. The molecule has 0 spiro atoms. The van der Waals surface area contributed by atoms with Crippen molar-refractivity contribution in [1.29, 1.82) is 0 Å². The Bertz CT molecular complexity index is 894. The number of hydrogen-bond donors (Lipinski definition) is 2. The Morgan fingerprint density at radius 2 is 1.96 bits per heavy atom. The van der Waals surface area contributed by atoms with Crippen LogP contribution in [0.15, 0.2) is 24.3 Å². The third-order valence-electron chi connectivity index (χ3n) is 4.25. The van der Waals surface area contributed by atoms with Gasteiger partial charge in [-0.15, -0.1) is 11.3 Å². The van der Waals surface area contributed by atoms with E-state index in [1.807, 2.05) is 36.5 Å². The summed E-state index contributed by atoms with van der Waals surface area (Å²) in [6.45, 7) is 7.12. The van der Waals surface area contributed by atoms with Crippen LogP contribution in [0.1, 0.15) is 58.0 Å². The number of rotatable bonds is 8. The Labute approximate surface area is 173 Å². The minimum Gasteiger partial charge on any atom is -0.462 e. The molecule has 0 radical (unpaired) electrons. The zero-order valence-electron chi connectivity index (χ0n) is 16.3. The molecule has 0 aliphatic heterocycles. The summed E-state index contributed by atoms with van der Waals surface area (Å²) in [7, 11) is 0. The number of ether oxygens (including phenoxy) is 1. The summed E-state index contributed by atoms with van der Waals surface area (Å²) >= 11 is 7.29. The van der Waals surface area contributed by atoms with Crippen molar-refractivity contribution in [2.24, 2.45) is 0 Å². The van der Waals surface area contributed by atoms with Crippen LogP contribution in [0.25, 0.3) is 0 Å². The second kappa shape index (κ2) is 9.82. The topological polar surface area (TPSA) is 89.1 Å². The number of anilines is 1. The first-order valence-corrected chi connectivity index (χ1v) is 10.1. The lowest BCUT2D eigenvalue weighted by Crippen LogP contribution is -2.86. The first kappa shape index (κ1) is 22.1. The Kier molecular flexibility index (Phi) is 7.74. The van der Waals surface area contributed by atoms with Crippen molar-refractivity contribution in [3.05, 3.63) is 50.9 Å². The van der Waals surface area contributed by atoms with Crippen LogP contribution in [0.3, 0.4) is 0 Å². The largest absolute Gasteiger partial charge is 0.462 e. The highest BCUT2D eigenvalue weighted by atomic mass is 35.5. The van der Waals surface area contributed by atoms with Gasteiger partial charge in [0.05, 0.1) is 17.0 Å². The van der Waals surface area contributed by atoms with E-state index in [1.165, 1.54) is 6.92 Å². The fourth-order valence-corrected chi connectivity index (χ4v) is 4.23. The van der Waals surface area contributed by atoms with E-state index in [-0.39, 0.29) is 36.4 Å². The third-order valence-corrected chi connectivity index (χ3v) is 5.90. The lowest BCUT2D eigenvalue weighted by molar-refractivity contribution is -0.682. The number of esters is 1. The van der Waals surface area contributed by atoms with Crippen molar-refractivity contribution in [2.75, 3.05) is 18.5 Å². The summed E-state index contributed by atoms with van der Waals surface area (Å²) in [6.07, 6.45) is 0. The quantitative estimate of drug-likeness (QED) is 0.503. The Balaban J connectivity index is 2.12. The van der Waals surface area contributed by atoms with Crippen LogP contribution in [-0.2, 0) is 9.53 Å². The summed E-state index contributed by atoms with van der Waals surface area (Å²) in [5, 5.41) is 5.59. The zero-order chi connectivity index (χ0) is 20.8. The maximum absolute atomic E-state index is 12.5. The Morgan fingerprint density at radius 1 is 1.29 bits per heavy atom. The van der Waals surface area contributed by atoms with Crippen LogP contribution >= 0.6 is 22.9 Å². The highest BCUT2D eigenvalue weighted by Crippen LogP contribution is 2.34. The highest BCUT2D eigenvalue weighted by Gasteiger charge is 2.25. The number of benzene rings is 1. The Hall–Kier alpha value is -2.22. The number of amides is 1. The number of quaternary nitrogens is 1. The summed E-state index contributed by atoms with van der Waals surface area (Å²) < 4.78 is 5.08. The van der Waals surface area contributed by atoms with E-state index >= 15 is 0 Å². The molecule has 28 heavy (non-hydrogen) atoms. The zero-order valence-corrected chi connectivity index (χ0v) is 17.9. The minimum absolute atomic E-state index is 0.0122. The van der Waals surface area contributed by atoms with Gasteiger partial charge in [0.1, 0.15) is 11.0 Å². The molecule has 8 heteroatoms. The number of Topliss-reactive ketones (excluding diaryl/α,β-unsaturated/α-hetero) is 1. The summed E-state index contributed by atoms with van der Waals surface area (Å²) in [6, 6.07) is 7.47. The number of thiophene rings is 1. The van der Waals surface area contributed by atoms with Crippen LogP contribution in [0.2, 0.25) is 5.02 Å². The molecule has 0 saturated heterocycles. The SMILES string of the molecule is CCOC(=O)c1c(NC(=O)C[NH2+][C@@H](C)c2ccccc2Cl)sc(C(C)=O)c1C. The Morgan fingerprint density at radius 3 is 2.57 bits per heavy atom. The predicted octanol–water partition coefficient (Wildman–Crippen LogP) is 3.35. The molecule has 1 aromatic carbocycles. The molecule has 0 saturated carbocycles. The molecule has 2 rings (SSSR count). The molecule has 150 valence electrons. The molecule has 0 aliphatic rings. The highest BCUT2D eigenvalue weighted by molar-refractivity contribution is 7.18. The molecule has 0 fully saturated rings. The minimum atomic E-state index is -0.549. The number of ketones is 1. The summed E-state index contributed by atoms with van der Waals surface area (Å²) in [5.74, 6) is -0.985. The van der Waals surface area contributed by atoms with Gasteiger partial charge < -0.3 is 15.4 Å². The maximum atomic E-state index is 12.5. The van der Waals surface area contributed by atoms with Crippen LogP contribution in [-0.4, -0.2) is 30.8 Å². The molecular weight excluding hydrogens is 400 g/mol.